The molecule has 3 heteroatoms. The molecule has 0 aliphatic heterocycles. The number of fused-ring (bicyclic) bond motifs is 1. The lowest BCUT2D eigenvalue weighted by molar-refractivity contribution is -0.133. The highest BCUT2D eigenvalue weighted by molar-refractivity contribution is 6.05. The number of carbonyl (C=O) groups is 1. The van der Waals surface area contributed by atoms with E-state index in [1.54, 1.807) is 24.3 Å². The second-order valence-electron chi connectivity index (χ2n) is 4.96. The van der Waals surface area contributed by atoms with Gasteiger partial charge in [-0.3, -0.25) is 4.79 Å². The van der Waals surface area contributed by atoms with Gasteiger partial charge in [-0.1, -0.05) is 54.6 Å². The fraction of sp³-hybridized carbons (Fsp3) is 0.118. The van der Waals surface area contributed by atoms with Gasteiger partial charge in [-0.25, -0.2) is 0 Å². The van der Waals surface area contributed by atoms with Crippen LogP contribution in [0.2, 0.25) is 0 Å². The van der Waals surface area contributed by atoms with Crippen LogP contribution in [0.1, 0.15) is 16.7 Å². The second kappa shape index (κ2) is 4.62. The Hall–Kier alpha value is -2.39. The summed E-state index contributed by atoms with van der Waals surface area (Å²) in [6.45, 7) is 0. The van der Waals surface area contributed by atoms with Crippen molar-refractivity contribution in [3.63, 3.8) is 0 Å². The van der Waals surface area contributed by atoms with Crippen molar-refractivity contribution in [3.05, 3.63) is 77.4 Å². The van der Waals surface area contributed by atoms with Gasteiger partial charge in [-0.05, 0) is 5.56 Å². The molecular weight excluding hydrogens is 252 g/mol. The van der Waals surface area contributed by atoms with Crippen LogP contribution in [0.5, 0.6) is 0 Å². The zero-order valence-corrected chi connectivity index (χ0v) is 10.8. The highest BCUT2D eigenvalue weighted by Gasteiger charge is 2.41. The summed E-state index contributed by atoms with van der Waals surface area (Å²) in [4.78, 5) is 12.2. The van der Waals surface area contributed by atoms with Crippen molar-refractivity contribution >= 4 is 11.5 Å². The quantitative estimate of drug-likeness (QED) is 0.878. The van der Waals surface area contributed by atoms with Crippen LogP contribution in [-0.2, 0) is 16.8 Å². The highest BCUT2D eigenvalue weighted by Crippen LogP contribution is 2.36. The van der Waals surface area contributed by atoms with Gasteiger partial charge < -0.3 is 10.2 Å². The van der Waals surface area contributed by atoms with Crippen LogP contribution in [0.3, 0.4) is 0 Å². The number of rotatable bonds is 2. The Balaban J connectivity index is 2.10. The van der Waals surface area contributed by atoms with Crippen LogP contribution >= 0.6 is 0 Å². The van der Waals surface area contributed by atoms with E-state index in [0.717, 1.165) is 11.6 Å². The molecule has 3 rings (SSSR count). The third-order valence-corrected chi connectivity index (χ3v) is 3.63. The average molecular weight is 266 g/mol. The third kappa shape index (κ3) is 1.92. The summed E-state index contributed by atoms with van der Waals surface area (Å²) in [7, 11) is 0. The van der Waals surface area contributed by atoms with E-state index >= 15 is 0 Å². The first-order valence-electron chi connectivity index (χ1n) is 6.42. The smallest absolute Gasteiger partial charge is 0.195 e. The molecule has 20 heavy (non-hydrogen) atoms. The molecule has 1 atom stereocenters. The number of hydrogen-bond acceptors (Lipinski definition) is 3. The van der Waals surface area contributed by atoms with E-state index in [9.17, 15) is 15.0 Å². The van der Waals surface area contributed by atoms with Crippen molar-refractivity contribution in [1.29, 1.82) is 0 Å². The number of aliphatic hydroxyl groups is 2. The number of carbonyl (C=O) groups excluding carboxylic acids is 1. The molecule has 1 aliphatic rings. The molecule has 0 spiro atoms. The second-order valence-corrected chi connectivity index (χ2v) is 4.96. The molecule has 2 N–H and O–H groups in total. The summed E-state index contributed by atoms with van der Waals surface area (Å²) < 4.78 is 0. The first-order chi connectivity index (χ1) is 9.61. The van der Waals surface area contributed by atoms with E-state index in [2.05, 4.69) is 0 Å². The fourth-order valence-corrected chi connectivity index (χ4v) is 2.59. The summed E-state index contributed by atoms with van der Waals surface area (Å²) in [6, 6.07) is 16.2. The van der Waals surface area contributed by atoms with Crippen LogP contribution in [0.4, 0.5) is 0 Å². The molecule has 0 fully saturated rings. The van der Waals surface area contributed by atoms with Crippen LogP contribution < -0.4 is 0 Å². The minimum absolute atomic E-state index is 0.0941. The molecule has 0 radical (unpaired) electrons. The molecule has 0 saturated carbocycles. The maximum Gasteiger partial charge on any atom is 0.195 e. The summed E-state index contributed by atoms with van der Waals surface area (Å²) in [5.41, 5.74) is 0.205. The molecule has 0 aromatic heterocycles. The summed E-state index contributed by atoms with van der Waals surface area (Å²) in [5, 5.41) is 20.7. The van der Waals surface area contributed by atoms with Gasteiger partial charge in [0.1, 0.15) is 5.76 Å². The molecule has 1 aliphatic carbocycles. The van der Waals surface area contributed by atoms with Crippen molar-refractivity contribution < 1.29 is 15.0 Å². The Morgan fingerprint density at radius 1 is 0.950 bits per heavy atom. The standard InChI is InChI=1S/C17H14O3/c18-15-10-16(19)17(20,11-12-6-2-1-3-7-12)14-9-5-4-8-13(14)15/h1-10,18,20H,11H2. The van der Waals surface area contributed by atoms with Crippen LogP contribution in [0.25, 0.3) is 5.76 Å². The van der Waals surface area contributed by atoms with Crippen LogP contribution in [0.15, 0.2) is 60.7 Å². The Bertz CT molecular complexity index is 688. The number of aliphatic hydroxyl groups excluding tert-OH is 1. The first-order valence-corrected chi connectivity index (χ1v) is 6.42. The van der Waals surface area contributed by atoms with Gasteiger partial charge in [0.2, 0.25) is 0 Å². The molecule has 0 amide bonds. The Kier molecular flexibility index (Phi) is 2.92. The molecule has 2 aromatic carbocycles. The molecule has 0 heterocycles. The Labute approximate surface area is 116 Å². The Morgan fingerprint density at radius 3 is 2.35 bits per heavy atom. The number of benzene rings is 2. The van der Waals surface area contributed by atoms with Gasteiger partial charge in [-0.2, -0.15) is 0 Å². The SMILES string of the molecule is O=C1C=C(O)c2ccccc2C1(O)Cc1ccccc1. The zero-order valence-electron chi connectivity index (χ0n) is 10.8. The predicted molar refractivity (Wildman–Crippen MR) is 76.1 cm³/mol. The van der Waals surface area contributed by atoms with Gasteiger partial charge in [0, 0.05) is 23.6 Å². The Morgan fingerprint density at radius 2 is 1.60 bits per heavy atom. The van der Waals surface area contributed by atoms with Crippen molar-refractivity contribution in [2.75, 3.05) is 0 Å². The first kappa shape index (κ1) is 12.6. The maximum absolute atomic E-state index is 12.2. The number of ketones is 1. The van der Waals surface area contributed by atoms with Gasteiger partial charge in [0.25, 0.3) is 0 Å². The largest absolute Gasteiger partial charge is 0.507 e. The number of hydrogen-bond donors (Lipinski definition) is 2. The lowest BCUT2D eigenvalue weighted by atomic mass is 9.77. The van der Waals surface area contributed by atoms with Crippen molar-refractivity contribution in [2.24, 2.45) is 0 Å². The normalized spacial score (nSPS) is 21.2. The molecule has 2 aromatic rings. The third-order valence-electron chi connectivity index (χ3n) is 3.63. The molecule has 100 valence electrons. The van der Waals surface area contributed by atoms with Crippen LogP contribution in [-0.4, -0.2) is 16.0 Å². The average Bonchev–Trinajstić information content (AvgIpc) is 2.47. The predicted octanol–water partition coefficient (Wildman–Crippen LogP) is 2.60. The van der Waals surface area contributed by atoms with E-state index in [-0.39, 0.29) is 12.2 Å². The highest BCUT2D eigenvalue weighted by atomic mass is 16.3. The lowest BCUT2D eigenvalue weighted by Crippen LogP contribution is -2.40. The van der Waals surface area contributed by atoms with E-state index in [1.807, 2.05) is 30.3 Å². The monoisotopic (exact) mass is 266 g/mol. The van der Waals surface area contributed by atoms with Gasteiger partial charge >= 0.3 is 0 Å². The van der Waals surface area contributed by atoms with E-state index < -0.39 is 11.4 Å². The lowest BCUT2D eigenvalue weighted by Gasteiger charge is -2.31. The van der Waals surface area contributed by atoms with E-state index in [1.165, 1.54) is 0 Å². The fourth-order valence-electron chi connectivity index (χ4n) is 2.59. The summed E-state index contributed by atoms with van der Waals surface area (Å²) in [5.74, 6) is -0.583. The van der Waals surface area contributed by atoms with Crippen molar-refractivity contribution in [3.8, 4) is 0 Å². The molecule has 3 nitrogen and oxygen atoms in total. The minimum Gasteiger partial charge on any atom is -0.507 e. The molecule has 1 unspecified atom stereocenters. The van der Waals surface area contributed by atoms with Gasteiger partial charge in [-0.15, -0.1) is 0 Å². The molecular formula is C17H14O3. The minimum atomic E-state index is -1.62. The van der Waals surface area contributed by atoms with Gasteiger partial charge in [0.05, 0.1) is 0 Å². The van der Waals surface area contributed by atoms with Gasteiger partial charge in [0.15, 0.2) is 11.4 Å². The van der Waals surface area contributed by atoms with Crippen molar-refractivity contribution in [2.45, 2.75) is 12.0 Å². The van der Waals surface area contributed by atoms with Crippen molar-refractivity contribution in [1.82, 2.24) is 0 Å². The van der Waals surface area contributed by atoms with E-state index in [0.29, 0.717) is 11.1 Å². The summed E-state index contributed by atoms with van der Waals surface area (Å²) >= 11 is 0. The van der Waals surface area contributed by atoms with E-state index in [4.69, 9.17) is 0 Å². The van der Waals surface area contributed by atoms with Crippen LogP contribution in [0, 0.1) is 0 Å². The molecule has 0 bridgehead atoms. The maximum atomic E-state index is 12.2. The zero-order chi connectivity index (χ0) is 14.2. The summed E-state index contributed by atoms with van der Waals surface area (Å²) in [6.07, 6.45) is 1.29. The topological polar surface area (TPSA) is 57.5 Å². The molecule has 0 saturated heterocycles.